The predicted molar refractivity (Wildman–Crippen MR) is 59.2 cm³/mol. The Morgan fingerprint density at radius 2 is 2.14 bits per heavy atom. The van der Waals surface area contributed by atoms with Crippen LogP contribution < -0.4 is 0 Å². The smallest absolute Gasteiger partial charge is 0.182 e. The first-order valence-electron chi connectivity index (χ1n) is 4.84. The summed E-state index contributed by atoms with van der Waals surface area (Å²) in [5, 5.41) is -0.444. The van der Waals surface area contributed by atoms with Gasteiger partial charge in [-0.2, -0.15) is 0 Å². The maximum atomic E-state index is 11.7. The van der Waals surface area contributed by atoms with Gasteiger partial charge in [-0.05, 0) is 33.8 Å². The van der Waals surface area contributed by atoms with E-state index in [1.165, 1.54) is 0 Å². The molecule has 0 saturated carbocycles. The SMILES string of the molecule is CCn1c(C)cc(C(=O)C(C)Cl)c1C. The molecule has 3 heteroatoms. The molecular formula is C11H16ClNO. The molecule has 0 aromatic carbocycles. The lowest BCUT2D eigenvalue weighted by Gasteiger charge is -2.06. The number of carbonyl (C=O) groups is 1. The van der Waals surface area contributed by atoms with E-state index >= 15 is 0 Å². The number of nitrogens with zero attached hydrogens (tertiary/aromatic N) is 1. The van der Waals surface area contributed by atoms with E-state index in [0.29, 0.717) is 0 Å². The molecule has 0 aliphatic carbocycles. The molecular weight excluding hydrogens is 198 g/mol. The van der Waals surface area contributed by atoms with Gasteiger partial charge >= 0.3 is 0 Å². The molecule has 0 spiro atoms. The molecule has 1 rings (SSSR count). The van der Waals surface area contributed by atoms with Crippen molar-refractivity contribution in [2.75, 3.05) is 0 Å². The summed E-state index contributed by atoms with van der Waals surface area (Å²) >= 11 is 5.78. The van der Waals surface area contributed by atoms with Crippen LogP contribution in [0.2, 0.25) is 0 Å². The molecule has 0 fully saturated rings. The van der Waals surface area contributed by atoms with E-state index in [4.69, 9.17) is 11.6 Å². The first-order valence-corrected chi connectivity index (χ1v) is 5.27. The summed E-state index contributed by atoms with van der Waals surface area (Å²) in [6.07, 6.45) is 0. The number of rotatable bonds is 3. The Kier molecular flexibility index (Phi) is 3.38. The standard InChI is InChI=1S/C11H16ClNO/c1-5-13-7(2)6-10(9(13)4)11(14)8(3)12/h6,8H,5H2,1-4H3. The number of hydrogen-bond donors (Lipinski definition) is 0. The highest BCUT2D eigenvalue weighted by molar-refractivity contribution is 6.33. The fraction of sp³-hybridized carbons (Fsp3) is 0.545. The Bertz CT molecular complexity index is 352. The lowest BCUT2D eigenvalue weighted by molar-refractivity contribution is 0.0991. The van der Waals surface area contributed by atoms with Crippen LogP contribution in [-0.4, -0.2) is 15.7 Å². The highest BCUT2D eigenvalue weighted by Crippen LogP contribution is 2.18. The minimum Gasteiger partial charge on any atom is -0.349 e. The summed E-state index contributed by atoms with van der Waals surface area (Å²) in [4.78, 5) is 11.7. The fourth-order valence-corrected chi connectivity index (χ4v) is 1.87. The van der Waals surface area contributed by atoms with E-state index in [-0.39, 0.29) is 5.78 Å². The first kappa shape index (κ1) is 11.3. The van der Waals surface area contributed by atoms with Crippen LogP contribution in [0.25, 0.3) is 0 Å². The van der Waals surface area contributed by atoms with Crippen molar-refractivity contribution in [3.05, 3.63) is 23.0 Å². The van der Waals surface area contributed by atoms with Crippen LogP contribution in [-0.2, 0) is 6.54 Å². The zero-order valence-corrected chi connectivity index (χ0v) is 9.85. The summed E-state index contributed by atoms with van der Waals surface area (Å²) in [7, 11) is 0. The number of aromatic nitrogens is 1. The molecule has 1 heterocycles. The number of ketones is 1. The van der Waals surface area contributed by atoms with Gasteiger partial charge in [-0.25, -0.2) is 0 Å². The summed E-state index contributed by atoms with van der Waals surface area (Å²) < 4.78 is 2.12. The van der Waals surface area contributed by atoms with Gasteiger partial charge in [0.25, 0.3) is 0 Å². The monoisotopic (exact) mass is 213 g/mol. The third-order valence-electron chi connectivity index (χ3n) is 2.52. The molecule has 0 radical (unpaired) electrons. The summed E-state index contributed by atoms with van der Waals surface area (Å²) in [5.41, 5.74) is 2.89. The van der Waals surface area contributed by atoms with Gasteiger partial charge in [0.2, 0.25) is 0 Å². The Balaban J connectivity index is 3.17. The molecule has 1 unspecified atom stereocenters. The topological polar surface area (TPSA) is 22.0 Å². The van der Waals surface area contributed by atoms with Crippen molar-refractivity contribution >= 4 is 17.4 Å². The van der Waals surface area contributed by atoms with Gasteiger partial charge in [-0.15, -0.1) is 11.6 Å². The van der Waals surface area contributed by atoms with E-state index in [0.717, 1.165) is 23.5 Å². The van der Waals surface area contributed by atoms with Crippen molar-refractivity contribution in [2.24, 2.45) is 0 Å². The Labute approximate surface area is 89.9 Å². The molecule has 0 aliphatic heterocycles. The Morgan fingerprint density at radius 3 is 2.50 bits per heavy atom. The molecule has 1 aromatic heterocycles. The number of aryl methyl sites for hydroxylation is 1. The third-order valence-corrected chi connectivity index (χ3v) is 2.71. The van der Waals surface area contributed by atoms with Gasteiger partial charge in [0.05, 0.1) is 5.38 Å². The third kappa shape index (κ3) is 1.85. The van der Waals surface area contributed by atoms with Crippen LogP contribution in [0.1, 0.15) is 35.6 Å². The average molecular weight is 214 g/mol. The van der Waals surface area contributed by atoms with Crippen molar-refractivity contribution in [3.63, 3.8) is 0 Å². The quantitative estimate of drug-likeness (QED) is 0.559. The molecule has 1 atom stereocenters. The van der Waals surface area contributed by atoms with Crippen molar-refractivity contribution in [1.82, 2.24) is 4.57 Å². The Hall–Kier alpha value is -0.760. The molecule has 14 heavy (non-hydrogen) atoms. The van der Waals surface area contributed by atoms with Crippen LogP contribution in [0.5, 0.6) is 0 Å². The number of alkyl halides is 1. The Morgan fingerprint density at radius 1 is 1.57 bits per heavy atom. The lowest BCUT2D eigenvalue weighted by atomic mass is 10.1. The molecule has 0 N–H and O–H groups in total. The predicted octanol–water partition coefficient (Wildman–Crippen LogP) is 2.93. The molecule has 0 aliphatic rings. The van der Waals surface area contributed by atoms with Crippen LogP contribution in [0, 0.1) is 13.8 Å². The van der Waals surface area contributed by atoms with Gasteiger partial charge in [-0.1, -0.05) is 0 Å². The van der Waals surface area contributed by atoms with Crippen LogP contribution >= 0.6 is 11.6 Å². The second kappa shape index (κ2) is 4.18. The fourth-order valence-electron chi connectivity index (χ4n) is 1.75. The maximum absolute atomic E-state index is 11.7. The molecule has 2 nitrogen and oxygen atoms in total. The second-order valence-electron chi connectivity index (χ2n) is 3.51. The highest BCUT2D eigenvalue weighted by atomic mass is 35.5. The van der Waals surface area contributed by atoms with Gasteiger partial charge in [-0.3, -0.25) is 4.79 Å². The largest absolute Gasteiger partial charge is 0.349 e. The van der Waals surface area contributed by atoms with Crippen molar-refractivity contribution < 1.29 is 4.79 Å². The minimum absolute atomic E-state index is 0.0134. The highest BCUT2D eigenvalue weighted by Gasteiger charge is 2.18. The number of carbonyl (C=O) groups excluding carboxylic acids is 1. The summed E-state index contributed by atoms with van der Waals surface area (Å²) in [5.74, 6) is 0.0134. The summed E-state index contributed by atoms with van der Waals surface area (Å²) in [6, 6.07) is 1.92. The molecule has 0 saturated heterocycles. The van der Waals surface area contributed by atoms with Crippen LogP contribution in [0.15, 0.2) is 6.07 Å². The normalized spacial score (nSPS) is 12.9. The van der Waals surface area contributed by atoms with Gasteiger partial charge < -0.3 is 4.57 Å². The number of Topliss-reactive ketones (excluding diaryl/α,β-unsaturated/α-hetero) is 1. The molecule has 0 amide bonds. The minimum atomic E-state index is -0.444. The van der Waals surface area contributed by atoms with Crippen LogP contribution in [0.4, 0.5) is 0 Å². The zero-order valence-electron chi connectivity index (χ0n) is 9.10. The van der Waals surface area contributed by atoms with E-state index < -0.39 is 5.38 Å². The van der Waals surface area contributed by atoms with Crippen LogP contribution in [0.3, 0.4) is 0 Å². The van der Waals surface area contributed by atoms with Gasteiger partial charge in [0.15, 0.2) is 5.78 Å². The molecule has 1 aromatic rings. The number of halogens is 1. The molecule has 78 valence electrons. The van der Waals surface area contributed by atoms with E-state index in [1.807, 2.05) is 19.9 Å². The van der Waals surface area contributed by atoms with E-state index in [1.54, 1.807) is 6.92 Å². The average Bonchev–Trinajstić information content (AvgIpc) is 2.40. The van der Waals surface area contributed by atoms with Crippen molar-refractivity contribution in [3.8, 4) is 0 Å². The van der Waals surface area contributed by atoms with Gasteiger partial charge in [0, 0.05) is 23.5 Å². The lowest BCUT2D eigenvalue weighted by Crippen LogP contribution is -2.11. The second-order valence-corrected chi connectivity index (χ2v) is 4.16. The van der Waals surface area contributed by atoms with E-state index in [9.17, 15) is 4.79 Å². The molecule has 0 bridgehead atoms. The van der Waals surface area contributed by atoms with Crippen molar-refractivity contribution in [1.29, 1.82) is 0 Å². The van der Waals surface area contributed by atoms with Crippen molar-refractivity contribution in [2.45, 2.75) is 39.6 Å². The number of hydrogen-bond acceptors (Lipinski definition) is 1. The maximum Gasteiger partial charge on any atom is 0.182 e. The first-order chi connectivity index (χ1) is 6.49. The summed E-state index contributed by atoms with van der Waals surface area (Å²) in [6.45, 7) is 8.64. The van der Waals surface area contributed by atoms with Gasteiger partial charge in [0.1, 0.15) is 0 Å². The zero-order chi connectivity index (χ0) is 10.9. The van der Waals surface area contributed by atoms with E-state index in [2.05, 4.69) is 11.5 Å².